The van der Waals surface area contributed by atoms with Gasteiger partial charge in [-0.3, -0.25) is 4.40 Å². The molecule has 1 aliphatic heterocycles. The Balaban J connectivity index is 1.69. The van der Waals surface area contributed by atoms with E-state index in [4.69, 9.17) is 14.7 Å². The number of thiazole rings is 1. The molecule has 0 saturated carbocycles. The number of hydrogen-bond acceptors (Lipinski definition) is 8. The summed E-state index contributed by atoms with van der Waals surface area (Å²) >= 11 is 1.24. The van der Waals surface area contributed by atoms with Crippen molar-refractivity contribution in [3.05, 3.63) is 52.6 Å². The minimum atomic E-state index is -0.754. The van der Waals surface area contributed by atoms with Crippen molar-refractivity contribution in [2.75, 3.05) is 43.0 Å². The average molecular weight is 590 g/mol. The van der Waals surface area contributed by atoms with Gasteiger partial charge < -0.3 is 19.4 Å². The van der Waals surface area contributed by atoms with E-state index >= 15 is 0 Å². The third-order valence-electron chi connectivity index (χ3n) is 6.76. The number of aryl methyl sites for hydroxylation is 2. The summed E-state index contributed by atoms with van der Waals surface area (Å²) < 4.78 is 20.9. The third-order valence-corrected chi connectivity index (χ3v) is 7.80. The number of aromatic nitrogens is 3. The van der Waals surface area contributed by atoms with Gasteiger partial charge in [-0.25, -0.2) is 14.8 Å². The highest BCUT2D eigenvalue weighted by molar-refractivity contribution is 7.16. The van der Waals surface area contributed by atoms with Crippen molar-refractivity contribution in [2.24, 2.45) is 0 Å². The summed E-state index contributed by atoms with van der Waals surface area (Å²) in [6, 6.07) is 4.33. The third kappa shape index (κ3) is 6.42. The van der Waals surface area contributed by atoms with Gasteiger partial charge in [-0.05, 0) is 58.6 Å². The van der Waals surface area contributed by atoms with E-state index in [1.54, 1.807) is 17.9 Å². The van der Waals surface area contributed by atoms with Gasteiger partial charge in [-0.2, -0.15) is 9.65 Å². The molecule has 1 amide bonds. The highest BCUT2D eigenvalue weighted by Crippen LogP contribution is 2.36. The summed E-state index contributed by atoms with van der Waals surface area (Å²) in [6.07, 6.45) is 4.18. The molecule has 9 nitrogen and oxygen atoms in total. The van der Waals surface area contributed by atoms with E-state index < -0.39 is 11.4 Å². The van der Waals surface area contributed by atoms with Crippen LogP contribution in [0.25, 0.3) is 11.2 Å². The van der Waals surface area contributed by atoms with Crippen molar-refractivity contribution in [1.29, 1.82) is 5.26 Å². The SMILES string of the molecule is C=C(F)C#C/C(=C\C)c1nc(N(C)c2c(CC)nc3c(C)cc(N4CCN(C(=O)OC(C)(C)C)CC4)cn23)sc1C#N. The first-order valence-electron chi connectivity index (χ1n) is 13.8. The number of carbonyl (C=O) groups is 1. The normalized spacial score (nSPS) is 13.9. The number of hydrogen-bond donors (Lipinski definition) is 0. The Morgan fingerprint density at radius 1 is 1.26 bits per heavy atom. The molecule has 1 saturated heterocycles. The zero-order valence-electron chi connectivity index (χ0n) is 25.2. The lowest BCUT2D eigenvalue weighted by Gasteiger charge is -2.37. The largest absolute Gasteiger partial charge is 0.444 e. The molecule has 4 rings (SSSR count). The number of pyridine rings is 1. The quantitative estimate of drug-likeness (QED) is 0.325. The van der Waals surface area contributed by atoms with E-state index in [2.05, 4.69) is 53.0 Å². The Bertz CT molecular complexity index is 1650. The second-order valence-electron chi connectivity index (χ2n) is 11.0. The van der Waals surface area contributed by atoms with E-state index in [0.717, 1.165) is 28.4 Å². The predicted octanol–water partition coefficient (Wildman–Crippen LogP) is 6.25. The Hall–Kier alpha value is -4.35. The van der Waals surface area contributed by atoms with E-state index in [1.165, 1.54) is 11.3 Å². The molecule has 42 heavy (non-hydrogen) atoms. The molecule has 4 heterocycles. The van der Waals surface area contributed by atoms with Gasteiger partial charge >= 0.3 is 6.09 Å². The lowest BCUT2D eigenvalue weighted by atomic mass is 10.1. The summed E-state index contributed by atoms with van der Waals surface area (Å²) in [6.45, 7) is 17.1. The van der Waals surface area contributed by atoms with Crippen LogP contribution in [0.15, 0.2) is 30.7 Å². The second kappa shape index (κ2) is 12.3. The van der Waals surface area contributed by atoms with Gasteiger partial charge in [0.25, 0.3) is 0 Å². The minimum Gasteiger partial charge on any atom is -0.444 e. The molecule has 1 fully saturated rings. The molecule has 0 aliphatic carbocycles. The van der Waals surface area contributed by atoms with E-state index in [9.17, 15) is 14.4 Å². The smallest absolute Gasteiger partial charge is 0.410 e. The monoisotopic (exact) mass is 589 g/mol. The number of allylic oxidation sites excluding steroid dienone is 3. The zero-order chi connectivity index (χ0) is 30.8. The first-order chi connectivity index (χ1) is 19.9. The van der Waals surface area contributed by atoms with Crippen molar-refractivity contribution >= 4 is 45.3 Å². The number of imidazole rings is 1. The number of nitriles is 1. The Labute approximate surface area is 250 Å². The number of anilines is 3. The number of carbonyl (C=O) groups excluding carboxylic acids is 1. The maximum atomic E-state index is 13.2. The van der Waals surface area contributed by atoms with E-state index in [1.807, 2.05) is 39.6 Å². The maximum Gasteiger partial charge on any atom is 0.410 e. The van der Waals surface area contributed by atoms with Crippen molar-refractivity contribution in [3.63, 3.8) is 0 Å². The molecule has 220 valence electrons. The molecular formula is C31H36FN7O2S. The number of nitrogens with zero attached hydrogens (tertiary/aromatic N) is 7. The molecule has 3 aromatic heterocycles. The molecule has 1 aliphatic rings. The second-order valence-corrected chi connectivity index (χ2v) is 11.9. The van der Waals surface area contributed by atoms with Crippen LogP contribution < -0.4 is 9.80 Å². The number of piperazine rings is 1. The fourth-order valence-electron chi connectivity index (χ4n) is 4.77. The summed E-state index contributed by atoms with van der Waals surface area (Å²) in [5.74, 6) is 5.15. The lowest BCUT2D eigenvalue weighted by Crippen LogP contribution is -2.50. The van der Waals surface area contributed by atoms with Crippen LogP contribution in [-0.4, -0.2) is 64.2 Å². The molecule has 3 aromatic rings. The molecular weight excluding hydrogens is 553 g/mol. The van der Waals surface area contributed by atoms with Crippen LogP contribution in [0.5, 0.6) is 0 Å². The number of ether oxygens (including phenoxy) is 1. The number of halogens is 1. The fourth-order valence-corrected chi connectivity index (χ4v) is 5.61. The Morgan fingerprint density at radius 2 is 1.95 bits per heavy atom. The Kier molecular flexibility index (Phi) is 8.93. The molecule has 11 heteroatoms. The van der Waals surface area contributed by atoms with Crippen LogP contribution >= 0.6 is 11.3 Å². The molecule has 0 aromatic carbocycles. The minimum absolute atomic E-state index is 0.291. The van der Waals surface area contributed by atoms with Crippen molar-refractivity contribution in [3.8, 4) is 17.9 Å². The summed E-state index contributed by atoms with van der Waals surface area (Å²) in [5, 5.41) is 10.4. The van der Waals surface area contributed by atoms with Gasteiger partial charge in [-0.15, -0.1) is 0 Å². The predicted molar refractivity (Wildman–Crippen MR) is 166 cm³/mol. The van der Waals surface area contributed by atoms with Gasteiger partial charge in [0, 0.05) is 45.0 Å². The van der Waals surface area contributed by atoms with Crippen LogP contribution in [0.3, 0.4) is 0 Å². The van der Waals surface area contributed by atoms with Crippen LogP contribution in [0.1, 0.15) is 56.4 Å². The van der Waals surface area contributed by atoms with Gasteiger partial charge in [0.1, 0.15) is 33.7 Å². The standard InChI is InChI=1S/C31H36FN7O2S/c1-9-22(12-11-21(4)32)26-25(18-33)42-29(35-26)36(8)28-24(10-2)34-27-20(3)17-23(19-39(27)28)37-13-15-38(16-14-37)30(40)41-31(5,6)7/h9,17,19H,4,10,13-16H2,1-3,5-8H3/b22-9+. The average Bonchev–Trinajstić information content (AvgIpc) is 3.54. The lowest BCUT2D eigenvalue weighted by molar-refractivity contribution is 0.0240. The van der Waals surface area contributed by atoms with Crippen molar-refractivity contribution in [1.82, 2.24) is 19.3 Å². The maximum absolute atomic E-state index is 13.2. The molecule has 0 unspecified atom stereocenters. The number of rotatable bonds is 5. The summed E-state index contributed by atoms with van der Waals surface area (Å²) in [7, 11) is 1.90. The van der Waals surface area contributed by atoms with Crippen LogP contribution in [-0.2, 0) is 11.2 Å². The topological polar surface area (TPSA) is 90.0 Å². The van der Waals surface area contributed by atoms with Crippen LogP contribution in [0, 0.1) is 30.1 Å². The van der Waals surface area contributed by atoms with Crippen molar-refractivity contribution in [2.45, 2.75) is 53.6 Å². The highest BCUT2D eigenvalue weighted by Gasteiger charge is 2.27. The highest BCUT2D eigenvalue weighted by atomic mass is 32.1. The molecule has 0 radical (unpaired) electrons. The van der Waals surface area contributed by atoms with E-state index in [0.29, 0.717) is 53.9 Å². The van der Waals surface area contributed by atoms with Gasteiger partial charge in [0.15, 0.2) is 11.0 Å². The first kappa shape index (κ1) is 30.6. The zero-order valence-corrected chi connectivity index (χ0v) is 26.0. The molecule has 0 spiro atoms. The molecule has 0 atom stereocenters. The first-order valence-corrected chi connectivity index (χ1v) is 14.6. The van der Waals surface area contributed by atoms with E-state index in [-0.39, 0.29) is 6.09 Å². The van der Waals surface area contributed by atoms with Gasteiger partial charge in [0.05, 0.1) is 11.4 Å². The van der Waals surface area contributed by atoms with Crippen molar-refractivity contribution < 1.29 is 13.9 Å². The van der Waals surface area contributed by atoms with Crippen LogP contribution in [0.4, 0.5) is 25.8 Å². The van der Waals surface area contributed by atoms with Gasteiger partial charge in [-0.1, -0.05) is 36.8 Å². The fraction of sp³-hybridized carbons (Fsp3) is 0.419. The molecule has 0 bridgehead atoms. The van der Waals surface area contributed by atoms with Gasteiger partial charge in [0.2, 0.25) is 0 Å². The summed E-state index contributed by atoms with van der Waals surface area (Å²) in [5.41, 5.74) is 4.10. The molecule has 0 N–H and O–H groups in total. The summed E-state index contributed by atoms with van der Waals surface area (Å²) in [4.78, 5) is 28.6. The van der Waals surface area contributed by atoms with Crippen LogP contribution in [0.2, 0.25) is 0 Å². The number of amides is 1. The number of fused-ring (bicyclic) bond motifs is 1. The Morgan fingerprint density at radius 3 is 2.52 bits per heavy atom.